The van der Waals surface area contributed by atoms with Crippen molar-refractivity contribution in [3.05, 3.63) is 71.3 Å². The van der Waals surface area contributed by atoms with E-state index in [1.165, 1.54) is 10.9 Å². The van der Waals surface area contributed by atoms with Crippen LogP contribution in [0.3, 0.4) is 0 Å². The summed E-state index contributed by atoms with van der Waals surface area (Å²) < 4.78 is 19.2. The molecule has 1 aliphatic carbocycles. The first-order chi connectivity index (χ1) is 15.0. The molecule has 0 radical (unpaired) electrons. The van der Waals surface area contributed by atoms with Gasteiger partial charge in [-0.1, -0.05) is 11.6 Å². The number of carbonyl (C=O) groups excluding carboxylic acids is 1. The molecular formula is C24H27FN4O2. The van der Waals surface area contributed by atoms with E-state index in [-0.39, 0.29) is 17.8 Å². The Bertz CT molecular complexity index is 1050. The molecule has 0 unspecified atom stereocenters. The molecule has 1 heterocycles. The molecule has 4 rings (SSSR count). The fraction of sp³-hybridized carbons (Fsp3) is 0.375. The van der Waals surface area contributed by atoms with Gasteiger partial charge in [-0.05, 0) is 75.4 Å². The average Bonchev–Trinajstić information content (AvgIpc) is 3.25. The van der Waals surface area contributed by atoms with Crippen molar-refractivity contribution < 1.29 is 13.9 Å². The third-order valence-electron chi connectivity index (χ3n) is 5.73. The number of rotatable bonds is 8. The normalized spacial score (nSPS) is 13.6. The van der Waals surface area contributed by atoms with Crippen molar-refractivity contribution >= 4 is 5.91 Å². The van der Waals surface area contributed by atoms with Crippen molar-refractivity contribution in [3.63, 3.8) is 0 Å². The van der Waals surface area contributed by atoms with Gasteiger partial charge >= 0.3 is 0 Å². The molecule has 1 saturated carbocycles. The van der Waals surface area contributed by atoms with Crippen LogP contribution in [0, 0.1) is 19.7 Å². The maximum absolute atomic E-state index is 13.6. The molecule has 0 aliphatic heterocycles. The Kier molecular flexibility index (Phi) is 6.30. The Morgan fingerprint density at radius 3 is 2.61 bits per heavy atom. The summed E-state index contributed by atoms with van der Waals surface area (Å²) in [6.45, 7) is 4.75. The number of amides is 1. The molecule has 3 aromatic rings. The van der Waals surface area contributed by atoms with E-state index in [1.54, 1.807) is 31.5 Å². The van der Waals surface area contributed by atoms with Gasteiger partial charge in [0.05, 0.1) is 30.3 Å². The predicted octanol–water partition coefficient (Wildman–Crippen LogP) is 4.49. The minimum Gasteiger partial charge on any atom is -0.494 e. The minimum atomic E-state index is -0.241. The van der Waals surface area contributed by atoms with Gasteiger partial charge in [-0.3, -0.25) is 4.79 Å². The van der Waals surface area contributed by atoms with E-state index >= 15 is 0 Å². The van der Waals surface area contributed by atoms with E-state index in [1.807, 2.05) is 30.0 Å². The zero-order valence-electron chi connectivity index (χ0n) is 17.9. The molecule has 7 heteroatoms. The molecule has 31 heavy (non-hydrogen) atoms. The van der Waals surface area contributed by atoms with Crippen molar-refractivity contribution in [2.45, 2.75) is 45.6 Å². The van der Waals surface area contributed by atoms with Crippen LogP contribution in [-0.4, -0.2) is 45.0 Å². The number of nitrogens with zero attached hydrogens (tertiary/aromatic N) is 4. The highest BCUT2D eigenvalue weighted by molar-refractivity contribution is 5.98. The summed E-state index contributed by atoms with van der Waals surface area (Å²) >= 11 is 0. The van der Waals surface area contributed by atoms with Gasteiger partial charge in [0.15, 0.2) is 0 Å². The molecule has 0 N–H and O–H groups in total. The van der Waals surface area contributed by atoms with Crippen LogP contribution in [-0.2, 0) is 0 Å². The van der Waals surface area contributed by atoms with Crippen LogP contribution in [0.2, 0.25) is 0 Å². The fourth-order valence-electron chi connectivity index (χ4n) is 3.77. The Morgan fingerprint density at radius 2 is 1.94 bits per heavy atom. The second kappa shape index (κ2) is 9.29. The molecule has 0 atom stereocenters. The minimum absolute atomic E-state index is 0.00155. The van der Waals surface area contributed by atoms with Gasteiger partial charge < -0.3 is 9.64 Å². The van der Waals surface area contributed by atoms with Crippen molar-refractivity contribution in [1.82, 2.24) is 19.9 Å². The molecule has 0 spiro atoms. The highest BCUT2D eigenvalue weighted by Crippen LogP contribution is 2.28. The molecule has 0 saturated heterocycles. The van der Waals surface area contributed by atoms with E-state index in [0.717, 1.165) is 24.8 Å². The first-order valence-corrected chi connectivity index (χ1v) is 10.7. The highest BCUT2D eigenvalue weighted by Gasteiger charge is 2.30. The lowest BCUT2D eigenvalue weighted by Gasteiger charge is -2.38. The molecular weight excluding hydrogens is 395 g/mol. The van der Waals surface area contributed by atoms with Gasteiger partial charge in [0.1, 0.15) is 11.6 Å². The third kappa shape index (κ3) is 4.76. The van der Waals surface area contributed by atoms with Crippen LogP contribution in [0.15, 0.2) is 48.8 Å². The number of carbonyl (C=O) groups is 1. The summed E-state index contributed by atoms with van der Waals surface area (Å²) in [6.07, 6.45) is 7.08. The number of hydrogen-bond donors (Lipinski definition) is 0. The zero-order valence-corrected chi connectivity index (χ0v) is 17.9. The summed E-state index contributed by atoms with van der Waals surface area (Å²) in [5.74, 6) is 0.402. The molecule has 0 bridgehead atoms. The second-order valence-electron chi connectivity index (χ2n) is 8.04. The van der Waals surface area contributed by atoms with Gasteiger partial charge in [-0.25, -0.2) is 4.39 Å². The Balaban J connectivity index is 1.46. The first-order valence-electron chi connectivity index (χ1n) is 10.7. The van der Waals surface area contributed by atoms with E-state index < -0.39 is 0 Å². The first kappa shape index (κ1) is 21.0. The monoisotopic (exact) mass is 422 g/mol. The predicted molar refractivity (Wildman–Crippen MR) is 116 cm³/mol. The van der Waals surface area contributed by atoms with E-state index in [9.17, 15) is 9.18 Å². The Labute approximate surface area is 181 Å². The van der Waals surface area contributed by atoms with Crippen LogP contribution in [0.4, 0.5) is 4.39 Å². The standard InChI is InChI=1S/C24H27FN4O2/c1-17-7-10-23(29-26-11-12-27-29)21(15-17)24(30)28(19-5-3-6-19)13-4-14-31-20-8-9-22(25)18(2)16-20/h7-12,15-16,19H,3-6,13-14H2,1-2H3. The van der Waals surface area contributed by atoms with Crippen molar-refractivity contribution in [2.24, 2.45) is 0 Å². The SMILES string of the molecule is Cc1ccc(-n2nccn2)c(C(=O)N(CCCOc2ccc(F)c(C)c2)C2CCC2)c1. The van der Waals surface area contributed by atoms with Gasteiger partial charge in [0.2, 0.25) is 0 Å². The molecule has 1 aromatic heterocycles. The average molecular weight is 423 g/mol. The Morgan fingerprint density at radius 1 is 1.16 bits per heavy atom. The molecule has 162 valence electrons. The van der Waals surface area contributed by atoms with Crippen LogP contribution >= 0.6 is 0 Å². The molecule has 1 fully saturated rings. The van der Waals surface area contributed by atoms with Gasteiger partial charge in [-0.2, -0.15) is 15.0 Å². The van der Waals surface area contributed by atoms with Gasteiger partial charge in [0.25, 0.3) is 5.91 Å². The summed E-state index contributed by atoms with van der Waals surface area (Å²) in [5.41, 5.74) is 2.87. The molecule has 1 aliphatic rings. The third-order valence-corrected chi connectivity index (χ3v) is 5.73. The van der Waals surface area contributed by atoms with E-state index in [0.29, 0.717) is 42.1 Å². The highest BCUT2D eigenvalue weighted by atomic mass is 19.1. The maximum Gasteiger partial charge on any atom is 0.256 e. The smallest absolute Gasteiger partial charge is 0.256 e. The maximum atomic E-state index is 13.6. The van der Waals surface area contributed by atoms with Crippen molar-refractivity contribution in [3.8, 4) is 11.4 Å². The summed E-state index contributed by atoms with van der Waals surface area (Å²) in [5, 5.41) is 8.42. The van der Waals surface area contributed by atoms with Crippen LogP contribution < -0.4 is 4.74 Å². The number of halogens is 1. The number of aromatic nitrogens is 3. The van der Waals surface area contributed by atoms with Gasteiger partial charge in [-0.15, -0.1) is 0 Å². The van der Waals surface area contributed by atoms with Crippen LogP contribution in [0.1, 0.15) is 47.2 Å². The summed E-state index contributed by atoms with van der Waals surface area (Å²) in [4.78, 5) is 17.0. The zero-order chi connectivity index (χ0) is 21.8. The summed E-state index contributed by atoms with van der Waals surface area (Å²) in [7, 11) is 0. The topological polar surface area (TPSA) is 60.2 Å². The molecule has 1 amide bonds. The van der Waals surface area contributed by atoms with Crippen molar-refractivity contribution in [2.75, 3.05) is 13.2 Å². The number of hydrogen-bond acceptors (Lipinski definition) is 4. The van der Waals surface area contributed by atoms with Gasteiger partial charge in [0, 0.05) is 12.6 Å². The molecule has 6 nitrogen and oxygen atoms in total. The van der Waals surface area contributed by atoms with E-state index in [2.05, 4.69) is 10.2 Å². The number of benzene rings is 2. The number of aryl methyl sites for hydroxylation is 2. The number of ether oxygens (including phenoxy) is 1. The lowest BCUT2D eigenvalue weighted by atomic mass is 9.90. The fourth-order valence-corrected chi connectivity index (χ4v) is 3.77. The van der Waals surface area contributed by atoms with Crippen molar-refractivity contribution in [1.29, 1.82) is 0 Å². The molecule has 2 aromatic carbocycles. The Hall–Kier alpha value is -3.22. The lowest BCUT2D eigenvalue weighted by molar-refractivity contribution is 0.0565. The van der Waals surface area contributed by atoms with Crippen LogP contribution in [0.5, 0.6) is 5.75 Å². The second-order valence-corrected chi connectivity index (χ2v) is 8.04. The van der Waals surface area contributed by atoms with E-state index in [4.69, 9.17) is 4.74 Å². The quantitative estimate of drug-likeness (QED) is 0.502. The van der Waals surface area contributed by atoms with Crippen LogP contribution in [0.25, 0.3) is 5.69 Å². The lowest BCUT2D eigenvalue weighted by Crippen LogP contribution is -2.45. The summed E-state index contributed by atoms with van der Waals surface area (Å²) in [6, 6.07) is 10.7. The largest absolute Gasteiger partial charge is 0.494 e.